The number of para-hydroxylation sites is 1. The first-order chi connectivity index (χ1) is 14.6. The second-order valence-corrected chi connectivity index (χ2v) is 9.29. The molecule has 3 heteroatoms. The summed E-state index contributed by atoms with van der Waals surface area (Å²) < 4.78 is 0. The molecule has 0 bridgehead atoms. The maximum absolute atomic E-state index is 14.0. The van der Waals surface area contributed by atoms with Crippen molar-refractivity contribution in [2.45, 2.75) is 90.1 Å². The van der Waals surface area contributed by atoms with Crippen molar-refractivity contribution in [3.63, 3.8) is 0 Å². The molecule has 1 N–H and O–H groups in total. The summed E-state index contributed by atoms with van der Waals surface area (Å²) in [6, 6.07) is 15.3. The van der Waals surface area contributed by atoms with Crippen molar-refractivity contribution in [1.82, 2.24) is 4.90 Å². The highest BCUT2D eigenvalue weighted by Gasteiger charge is 2.33. The van der Waals surface area contributed by atoms with Gasteiger partial charge in [0.2, 0.25) is 0 Å². The number of aryl methyl sites for hydroxylation is 2. The minimum absolute atomic E-state index is 0.224. The average molecular weight is 405 g/mol. The summed E-state index contributed by atoms with van der Waals surface area (Å²) in [7, 11) is 0. The number of anilines is 2. The zero-order valence-corrected chi connectivity index (χ0v) is 18.6. The molecule has 0 saturated heterocycles. The standard InChI is InChI=1S/C27H36N2O/c1-20-17-18-25(21(2)19-20)28-26-16-10-9-15-24(26)27(30)29(22-11-5-3-6-12-22)23-13-7-4-8-14-23/h9-10,15-19,22-23,28H,3-8,11-14H2,1-2H3. The SMILES string of the molecule is Cc1ccc(Nc2ccccc2C(=O)N(C2CCCCC2)C2CCCCC2)c(C)c1. The maximum Gasteiger partial charge on any atom is 0.256 e. The molecular formula is C27H36N2O. The third-order valence-electron chi connectivity index (χ3n) is 6.98. The van der Waals surface area contributed by atoms with Gasteiger partial charge in [0.05, 0.1) is 11.3 Å². The highest BCUT2D eigenvalue weighted by Crippen LogP contribution is 2.33. The Morgan fingerprint density at radius 1 is 0.800 bits per heavy atom. The van der Waals surface area contributed by atoms with Gasteiger partial charge in [-0.25, -0.2) is 0 Å². The van der Waals surface area contributed by atoms with Gasteiger partial charge in [-0.15, -0.1) is 0 Å². The number of rotatable bonds is 5. The van der Waals surface area contributed by atoms with E-state index < -0.39 is 0 Å². The van der Waals surface area contributed by atoms with E-state index >= 15 is 0 Å². The van der Waals surface area contributed by atoms with E-state index in [0.29, 0.717) is 12.1 Å². The minimum atomic E-state index is 0.224. The molecule has 0 atom stereocenters. The predicted molar refractivity (Wildman–Crippen MR) is 126 cm³/mol. The number of benzene rings is 2. The van der Waals surface area contributed by atoms with Gasteiger partial charge in [-0.3, -0.25) is 4.79 Å². The Hall–Kier alpha value is -2.29. The molecule has 0 unspecified atom stereocenters. The highest BCUT2D eigenvalue weighted by molar-refractivity contribution is 6.00. The van der Waals surface area contributed by atoms with Crippen LogP contribution in [0.5, 0.6) is 0 Å². The Balaban J connectivity index is 1.64. The van der Waals surface area contributed by atoms with Crippen LogP contribution in [-0.2, 0) is 0 Å². The number of hydrogen-bond acceptors (Lipinski definition) is 2. The van der Waals surface area contributed by atoms with Gasteiger partial charge < -0.3 is 10.2 Å². The van der Waals surface area contributed by atoms with E-state index in [9.17, 15) is 4.79 Å². The van der Waals surface area contributed by atoms with E-state index in [-0.39, 0.29) is 5.91 Å². The smallest absolute Gasteiger partial charge is 0.256 e. The molecule has 0 heterocycles. The van der Waals surface area contributed by atoms with E-state index in [0.717, 1.165) is 42.6 Å². The van der Waals surface area contributed by atoms with Crippen molar-refractivity contribution >= 4 is 17.3 Å². The van der Waals surface area contributed by atoms with Crippen LogP contribution in [0, 0.1) is 13.8 Å². The molecule has 4 rings (SSSR count). The molecule has 0 spiro atoms. The van der Waals surface area contributed by atoms with E-state index in [1.165, 1.54) is 49.7 Å². The van der Waals surface area contributed by atoms with Gasteiger partial charge in [-0.1, -0.05) is 68.4 Å². The molecule has 2 aromatic carbocycles. The zero-order chi connectivity index (χ0) is 20.9. The molecular weight excluding hydrogens is 368 g/mol. The zero-order valence-electron chi connectivity index (χ0n) is 18.6. The summed E-state index contributed by atoms with van der Waals surface area (Å²) in [5.74, 6) is 0.224. The second kappa shape index (κ2) is 9.68. The summed E-state index contributed by atoms with van der Waals surface area (Å²) in [4.78, 5) is 16.3. The van der Waals surface area contributed by atoms with Crippen molar-refractivity contribution in [3.8, 4) is 0 Å². The van der Waals surface area contributed by atoms with E-state index in [1.54, 1.807) is 0 Å². The van der Waals surface area contributed by atoms with E-state index in [2.05, 4.69) is 42.3 Å². The molecule has 1 amide bonds. The lowest BCUT2D eigenvalue weighted by Gasteiger charge is -2.42. The fourth-order valence-corrected chi connectivity index (χ4v) is 5.36. The molecule has 0 radical (unpaired) electrons. The third-order valence-corrected chi connectivity index (χ3v) is 6.98. The fraction of sp³-hybridized carbons (Fsp3) is 0.519. The maximum atomic E-state index is 14.0. The Morgan fingerprint density at radius 2 is 1.40 bits per heavy atom. The summed E-state index contributed by atoms with van der Waals surface area (Å²) in [5.41, 5.74) is 5.26. The predicted octanol–water partition coefficient (Wildman–Crippen LogP) is 7.15. The number of hydrogen-bond donors (Lipinski definition) is 1. The largest absolute Gasteiger partial charge is 0.355 e. The van der Waals surface area contributed by atoms with E-state index in [4.69, 9.17) is 0 Å². The van der Waals surface area contributed by atoms with Crippen LogP contribution in [0.4, 0.5) is 11.4 Å². The summed E-state index contributed by atoms with van der Waals surface area (Å²) in [6.45, 7) is 4.23. The molecule has 3 nitrogen and oxygen atoms in total. The van der Waals surface area contributed by atoms with Gasteiger partial charge in [0.25, 0.3) is 5.91 Å². The number of carbonyl (C=O) groups excluding carboxylic acids is 1. The molecule has 2 aliphatic rings. The first-order valence-corrected chi connectivity index (χ1v) is 11.9. The van der Waals surface area contributed by atoms with E-state index in [1.807, 2.05) is 24.3 Å². The van der Waals surface area contributed by atoms with Crippen molar-refractivity contribution in [2.75, 3.05) is 5.32 Å². The fourth-order valence-electron chi connectivity index (χ4n) is 5.36. The average Bonchev–Trinajstić information content (AvgIpc) is 2.78. The van der Waals surface area contributed by atoms with Gasteiger partial charge in [-0.2, -0.15) is 0 Å². The van der Waals surface area contributed by atoms with Crippen LogP contribution in [0.25, 0.3) is 0 Å². The number of amides is 1. The Kier molecular flexibility index (Phi) is 6.76. The van der Waals surface area contributed by atoms with Crippen LogP contribution in [-0.4, -0.2) is 22.9 Å². The van der Waals surface area contributed by atoms with Crippen LogP contribution in [0.15, 0.2) is 42.5 Å². The molecule has 2 aliphatic carbocycles. The van der Waals surface area contributed by atoms with Crippen LogP contribution >= 0.6 is 0 Å². The highest BCUT2D eigenvalue weighted by atomic mass is 16.2. The summed E-state index contributed by atoms with van der Waals surface area (Å²) in [5, 5.41) is 3.56. The van der Waals surface area contributed by atoms with Gasteiger partial charge in [0, 0.05) is 17.8 Å². The first kappa shape index (κ1) is 21.0. The third kappa shape index (κ3) is 4.71. The molecule has 2 fully saturated rings. The van der Waals surface area contributed by atoms with Crippen LogP contribution < -0.4 is 5.32 Å². The Bertz CT molecular complexity index is 845. The molecule has 2 aromatic rings. The lowest BCUT2D eigenvalue weighted by atomic mass is 9.88. The van der Waals surface area contributed by atoms with Crippen LogP contribution in [0.1, 0.15) is 85.7 Å². The monoisotopic (exact) mass is 404 g/mol. The van der Waals surface area contributed by atoms with Crippen LogP contribution in [0.3, 0.4) is 0 Å². The van der Waals surface area contributed by atoms with Crippen molar-refractivity contribution < 1.29 is 4.79 Å². The molecule has 30 heavy (non-hydrogen) atoms. The van der Waals surface area contributed by atoms with Gasteiger partial charge in [-0.05, 0) is 63.3 Å². The van der Waals surface area contributed by atoms with Crippen molar-refractivity contribution in [1.29, 1.82) is 0 Å². The quantitative estimate of drug-likeness (QED) is 0.573. The Labute approximate surface area is 181 Å². The number of carbonyl (C=O) groups is 1. The van der Waals surface area contributed by atoms with Crippen molar-refractivity contribution in [2.24, 2.45) is 0 Å². The second-order valence-electron chi connectivity index (χ2n) is 9.29. The van der Waals surface area contributed by atoms with Gasteiger partial charge in [0.1, 0.15) is 0 Å². The minimum Gasteiger partial charge on any atom is -0.355 e. The molecule has 160 valence electrons. The molecule has 0 aliphatic heterocycles. The molecule has 2 saturated carbocycles. The lowest BCUT2D eigenvalue weighted by molar-refractivity contribution is 0.0449. The first-order valence-electron chi connectivity index (χ1n) is 11.9. The van der Waals surface area contributed by atoms with Crippen molar-refractivity contribution in [3.05, 3.63) is 59.2 Å². The molecule has 0 aromatic heterocycles. The summed E-state index contributed by atoms with van der Waals surface area (Å²) in [6.07, 6.45) is 12.3. The van der Waals surface area contributed by atoms with Gasteiger partial charge in [0.15, 0.2) is 0 Å². The lowest BCUT2D eigenvalue weighted by Crippen LogP contribution is -2.48. The Morgan fingerprint density at radius 3 is 2.00 bits per heavy atom. The topological polar surface area (TPSA) is 32.3 Å². The van der Waals surface area contributed by atoms with Gasteiger partial charge >= 0.3 is 0 Å². The van der Waals surface area contributed by atoms with Crippen LogP contribution in [0.2, 0.25) is 0 Å². The normalized spacial score (nSPS) is 18.2. The number of nitrogens with zero attached hydrogens (tertiary/aromatic N) is 1. The summed E-state index contributed by atoms with van der Waals surface area (Å²) >= 11 is 0. The number of nitrogens with one attached hydrogen (secondary N) is 1.